The largest absolute Gasteiger partial charge is 0.360 e. The maximum absolute atomic E-state index is 13.3. The minimum absolute atomic E-state index is 0.0930. The van der Waals surface area contributed by atoms with Gasteiger partial charge in [-0.1, -0.05) is 18.2 Å². The van der Waals surface area contributed by atoms with Gasteiger partial charge in [-0.15, -0.1) is 0 Å². The molecule has 0 aliphatic heterocycles. The number of aromatic amines is 1. The van der Waals surface area contributed by atoms with Gasteiger partial charge in [-0.2, -0.15) is 0 Å². The van der Waals surface area contributed by atoms with E-state index < -0.39 is 0 Å². The molecule has 7 nitrogen and oxygen atoms in total. The van der Waals surface area contributed by atoms with E-state index in [2.05, 4.69) is 38.2 Å². The lowest BCUT2D eigenvalue weighted by Crippen LogP contribution is -2.26. The molecule has 0 unspecified atom stereocenters. The molecule has 7 heteroatoms. The summed E-state index contributed by atoms with van der Waals surface area (Å²) in [6.07, 6.45) is 5.20. The zero-order chi connectivity index (χ0) is 18.5. The number of hydrogen-bond donors (Lipinski definition) is 2. The highest BCUT2D eigenvalue weighted by molar-refractivity contribution is 5.85. The molecule has 1 aromatic carbocycles. The molecule has 3 aromatic heterocycles. The van der Waals surface area contributed by atoms with Crippen LogP contribution in [0.4, 0.5) is 5.82 Å². The van der Waals surface area contributed by atoms with Gasteiger partial charge in [-0.25, -0.2) is 15.0 Å². The van der Waals surface area contributed by atoms with Gasteiger partial charge in [0.1, 0.15) is 11.8 Å². The molecule has 2 N–H and O–H groups in total. The van der Waals surface area contributed by atoms with E-state index in [9.17, 15) is 4.79 Å². The Morgan fingerprint density at radius 2 is 2.11 bits per heavy atom. The lowest BCUT2D eigenvalue weighted by Gasteiger charge is -2.21. The summed E-state index contributed by atoms with van der Waals surface area (Å²) in [5.41, 5.74) is 3.49. The van der Waals surface area contributed by atoms with Crippen molar-refractivity contribution in [2.75, 3.05) is 5.32 Å². The molecule has 1 saturated carbocycles. The van der Waals surface area contributed by atoms with Crippen LogP contribution < -0.4 is 10.9 Å². The Kier molecular flexibility index (Phi) is 3.50. The van der Waals surface area contributed by atoms with E-state index >= 15 is 0 Å². The molecule has 3 heterocycles. The molecule has 1 atom stereocenters. The Labute approximate surface area is 155 Å². The van der Waals surface area contributed by atoms with E-state index in [0.29, 0.717) is 17.5 Å². The molecular weight excluding hydrogens is 340 g/mol. The SMILES string of the molecule is Cc1cccc2cc([C@@H](C)Nc3ncnc4nc[nH]c34)n(C3CC3)c(=O)c12. The number of H-pyrrole nitrogens is 1. The van der Waals surface area contributed by atoms with Gasteiger partial charge in [0.05, 0.1) is 17.8 Å². The smallest absolute Gasteiger partial charge is 0.259 e. The minimum atomic E-state index is -0.0930. The summed E-state index contributed by atoms with van der Waals surface area (Å²) in [5.74, 6) is 0.684. The summed E-state index contributed by atoms with van der Waals surface area (Å²) < 4.78 is 1.97. The molecule has 5 rings (SSSR count). The maximum Gasteiger partial charge on any atom is 0.259 e. The fourth-order valence-corrected chi connectivity index (χ4v) is 3.77. The van der Waals surface area contributed by atoms with Gasteiger partial charge in [0.25, 0.3) is 5.56 Å². The van der Waals surface area contributed by atoms with Crippen molar-refractivity contribution in [3.05, 3.63) is 58.5 Å². The quantitative estimate of drug-likeness (QED) is 0.582. The van der Waals surface area contributed by atoms with Crippen molar-refractivity contribution in [1.82, 2.24) is 24.5 Å². The number of rotatable bonds is 4. The number of aromatic nitrogens is 5. The molecule has 0 amide bonds. The standard InChI is InChI=1S/C20H20N6O/c1-11-4-3-5-13-8-15(26(14-6-7-14)20(27)16(11)13)12(2)25-19-17-18(22-9-21-17)23-10-24-19/h3-5,8-10,12,14H,6-7H2,1-2H3,(H2,21,22,23,24,25)/t12-/m1/s1. The van der Waals surface area contributed by atoms with Crippen molar-refractivity contribution < 1.29 is 0 Å². The van der Waals surface area contributed by atoms with Gasteiger partial charge in [-0.3, -0.25) is 4.79 Å². The predicted molar refractivity (Wildman–Crippen MR) is 105 cm³/mol. The van der Waals surface area contributed by atoms with Crippen LogP contribution in [0, 0.1) is 6.92 Å². The van der Waals surface area contributed by atoms with Crippen LogP contribution in [0.15, 0.2) is 41.7 Å². The van der Waals surface area contributed by atoms with Crippen LogP contribution in [0.1, 0.15) is 43.1 Å². The second-order valence-electron chi connectivity index (χ2n) is 7.20. The summed E-state index contributed by atoms with van der Waals surface area (Å²) in [5, 5.41) is 5.23. The number of nitrogens with zero attached hydrogens (tertiary/aromatic N) is 4. The van der Waals surface area contributed by atoms with Crippen LogP contribution in [0.2, 0.25) is 0 Å². The minimum Gasteiger partial charge on any atom is -0.360 e. The Bertz CT molecular complexity index is 1220. The van der Waals surface area contributed by atoms with E-state index in [1.54, 1.807) is 6.33 Å². The molecule has 0 saturated heterocycles. The third kappa shape index (κ3) is 2.58. The number of aryl methyl sites for hydroxylation is 1. The van der Waals surface area contributed by atoms with Gasteiger partial charge in [0.15, 0.2) is 11.5 Å². The third-order valence-corrected chi connectivity index (χ3v) is 5.25. The second kappa shape index (κ2) is 5.90. The third-order valence-electron chi connectivity index (χ3n) is 5.25. The Hall–Kier alpha value is -3.22. The molecule has 0 spiro atoms. The lowest BCUT2D eigenvalue weighted by atomic mass is 10.0. The zero-order valence-corrected chi connectivity index (χ0v) is 15.2. The second-order valence-corrected chi connectivity index (χ2v) is 7.20. The van der Waals surface area contributed by atoms with Crippen LogP contribution in [0.5, 0.6) is 0 Å². The number of benzene rings is 1. The molecular formula is C20H20N6O. The highest BCUT2D eigenvalue weighted by atomic mass is 16.1. The molecule has 0 bridgehead atoms. The van der Waals surface area contributed by atoms with Gasteiger partial charge in [0.2, 0.25) is 0 Å². The van der Waals surface area contributed by atoms with Gasteiger partial charge in [-0.05, 0) is 43.7 Å². The highest BCUT2D eigenvalue weighted by Gasteiger charge is 2.29. The molecule has 27 heavy (non-hydrogen) atoms. The van der Waals surface area contributed by atoms with Crippen molar-refractivity contribution in [2.45, 2.75) is 38.8 Å². The number of pyridine rings is 1. The molecule has 0 radical (unpaired) electrons. The molecule has 1 aliphatic rings. The predicted octanol–water partition coefficient (Wildman–Crippen LogP) is 3.48. The Morgan fingerprint density at radius 3 is 2.93 bits per heavy atom. The number of hydrogen-bond acceptors (Lipinski definition) is 5. The van der Waals surface area contributed by atoms with Crippen LogP contribution >= 0.6 is 0 Å². The highest BCUT2D eigenvalue weighted by Crippen LogP contribution is 2.37. The summed E-state index contributed by atoms with van der Waals surface area (Å²) in [6, 6.07) is 8.33. The Balaban J connectivity index is 1.64. The topological polar surface area (TPSA) is 88.5 Å². The van der Waals surface area contributed by atoms with E-state index in [1.165, 1.54) is 6.33 Å². The summed E-state index contributed by atoms with van der Waals surface area (Å²) in [6.45, 7) is 4.05. The molecule has 4 aromatic rings. The number of imidazole rings is 1. The summed E-state index contributed by atoms with van der Waals surface area (Å²) in [4.78, 5) is 29.0. The average molecular weight is 360 g/mol. The summed E-state index contributed by atoms with van der Waals surface area (Å²) in [7, 11) is 0. The van der Waals surface area contributed by atoms with Gasteiger partial charge in [0, 0.05) is 11.7 Å². The first-order valence-corrected chi connectivity index (χ1v) is 9.19. The van der Waals surface area contributed by atoms with Crippen LogP contribution in [-0.2, 0) is 0 Å². The first-order valence-electron chi connectivity index (χ1n) is 9.19. The monoisotopic (exact) mass is 360 g/mol. The number of fused-ring (bicyclic) bond motifs is 2. The molecule has 1 aliphatic carbocycles. The van der Waals surface area contributed by atoms with Crippen molar-refractivity contribution in [3.8, 4) is 0 Å². The normalized spacial score (nSPS) is 15.3. The van der Waals surface area contributed by atoms with Crippen LogP contribution in [0.25, 0.3) is 21.9 Å². The van der Waals surface area contributed by atoms with Crippen LogP contribution in [-0.4, -0.2) is 24.5 Å². The van der Waals surface area contributed by atoms with Crippen LogP contribution in [0.3, 0.4) is 0 Å². The van der Waals surface area contributed by atoms with Crippen molar-refractivity contribution in [3.63, 3.8) is 0 Å². The lowest BCUT2D eigenvalue weighted by molar-refractivity contribution is 0.636. The van der Waals surface area contributed by atoms with Gasteiger partial charge >= 0.3 is 0 Å². The maximum atomic E-state index is 13.3. The van der Waals surface area contributed by atoms with E-state index in [4.69, 9.17) is 0 Å². The van der Waals surface area contributed by atoms with Crippen molar-refractivity contribution in [2.24, 2.45) is 0 Å². The fraction of sp³-hybridized carbons (Fsp3) is 0.300. The average Bonchev–Trinajstić information content (AvgIpc) is 3.37. The molecule has 136 valence electrons. The Morgan fingerprint density at radius 1 is 1.26 bits per heavy atom. The number of anilines is 1. The van der Waals surface area contributed by atoms with Gasteiger partial charge < -0.3 is 14.9 Å². The van der Waals surface area contributed by atoms with E-state index in [0.717, 1.165) is 40.4 Å². The van der Waals surface area contributed by atoms with E-state index in [1.807, 2.05) is 29.7 Å². The fourth-order valence-electron chi connectivity index (χ4n) is 3.77. The summed E-state index contributed by atoms with van der Waals surface area (Å²) >= 11 is 0. The van der Waals surface area contributed by atoms with Crippen molar-refractivity contribution >= 4 is 27.8 Å². The zero-order valence-electron chi connectivity index (χ0n) is 15.2. The van der Waals surface area contributed by atoms with Crippen molar-refractivity contribution in [1.29, 1.82) is 0 Å². The first kappa shape index (κ1) is 16.0. The first-order chi connectivity index (χ1) is 13.1. The number of nitrogens with one attached hydrogen (secondary N) is 2. The molecule has 1 fully saturated rings. The van der Waals surface area contributed by atoms with E-state index in [-0.39, 0.29) is 11.6 Å².